The number of benzene rings is 1. The van der Waals surface area contributed by atoms with E-state index in [1.165, 1.54) is 48.8 Å². The van der Waals surface area contributed by atoms with Gasteiger partial charge in [-0.1, -0.05) is 24.3 Å². The number of allylic oxidation sites excluding steroid dienone is 2. The standard InChI is InChI=1S/C18H23N3/c1-2-4-18-16(3-1)17(13-20-18)14-5-7-15(8-6-14)21-11-9-19-10-12-21/h1-4,7,13-14,19-20H,5-6,8-12H2. The minimum absolute atomic E-state index is 0.674. The van der Waals surface area contributed by atoms with Crippen LogP contribution in [0.3, 0.4) is 0 Å². The molecule has 1 saturated heterocycles. The lowest BCUT2D eigenvalue weighted by molar-refractivity contribution is 0.280. The highest BCUT2D eigenvalue weighted by Gasteiger charge is 2.22. The Morgan fingerprint density at radius 2 is 1.95 bits per heavy atom. The van der Waals surface area contributed by atoms with Gasteiger partial charge < -0.3 is 15.2 Å². The van der Waals surface area contributed by atoms with Gasteiger partial charge in [-0.25, -0.2) is 0 Å². The van der Waals surface area contributed by atoms with Crippen LogP contribution in [0.4, 0.5) is 0 Å². The van der Waals surface area contributed by atoms with Gasteiger partial charge in [-0.15, -0.1) is 0 Å². The normalized spacial score (nSPS) is 23.3. The summed E-state index contributed by atoms with van der Waals surface area (Å²) in [5.74, 6) is 0.674. The molecule has 0 spiro atoms. The Balaban J connectivity index is 1.52. The predicted octanol–water partition coefficient (Wildman–Crippen LogP) is 3.22. The van der Waals surface area contributed by atoms with Crippen LogP contribution in [0.15, 0.2) is 42.2 Å². The van der Waals surface area contributed by atoms with Crippen LogP contribution >= 0.6 is 0 Å². The summed E-state index contributed by atoms with van der Waals surface area (Å²) >= 11 is 0. The van der Waals surface area contributed by atoms with Gasteiger partial charge in [0.25, 0.3) is 0 Å². The number of para-hydroxylation sites is 1. The number of hydrogen-bond acceptors (Lipinski definition) is 2. The number of nitrogens with one attached hydrogen (secondary N) is 2. The first kappa shape index (κ1) is 13.0. The third-order valence-corrected chi connectivity index (χ3v) is 4.97. The third kappa shape index (κ3) is 2.46. The van der Waals surface area contributed by atoms with Gasteiger partial charge in [-0.2, -0.15) is 0 Å². The zero-order valence-electron chi connectivity index (χ0n) is 12.4. The van der Waals surface area contributed by atoms with Gasteiger partial charge in [0.2, 0.25) is 0 Å². The fourth-order valence-corrected chi connectivity index (χ4v) is 3.77. The lowest BCUT2D eigenvalue weighted by Crippen LogP contribution is -2.43. The van der Waals surface area contributed by atoms with E-state index in [2.05, 4.69) is 51.7 Å². The summed E-state index contributed by atoms with van der Waals surface area (Å²) in [5, 5.41) is 4.84. The van der Waals surface area contributed by atoms with Crippen LogP contribution in [0.5, 0.6) is 0 Å². The van der Waals surface area contributed by atoms with Crippen LogP contribution < -0.4 is 5.32 Å². The van der Waals surface area contributed by atoms with E-state index in [1.807, 2.05) is 0 Å². The maximum Gasteiger partial charge on any atom is 0.0456 e. The van der Waals surface area contributed by atoms with Crippen LogP contribution in [0.1, 0.15) is 30.7 Å². The Morgan fingerprint density at radius 3 is 2.76 bits per heavy atom. The van der Waals surface area contributed by atoms with Crippen LogP contribution in [-0.2, 0) is 0 Å². The summed E-state index contributed by atoms with van der Waals surface area (Å²) in [6.07, 6.45) is 8.39. The molecule has 0 amide bonds. The van der Waals surface area contributed by atoms with E-state index in [4.69, 9.17) is 0 Å². The molecule has 2 aromatic rings. The van der Waals surface area contributed by atoms with Crippen molar-refractivity contribution >= 4 is 10.9 Å². The first-order valence-corrected chi connectivity index (χ1v) is 8.12. The van der Waals surface area contributed by atoms with E-state index in [0.29, 0.717) is 5.92 Å². The third-order valence-electron chi connectivity index (χ3n) is 4.97. The Hall–Kier alpha value is -1.74. The molecule has 110 valence electrons. The predicted molar refractivity (Wildman–Crippen MR) is 87.4 cm³/mol. The molecule has 1 unspecified atom stereocenters. The van der Waals surface area contributed by atoms with Gasteiger partial charge in [0.05, 0.1) is 0 Å². The van der Waals surface area contributed by atoms with Gasteiger partial charge in [0.15, 0.2) is 0 Å². The Bertz CT molecular complexity index is 649. The minimum atomic E-state index is 0.674. The molecule has 3 heteroatoms. The van der Waals surface area contributed by atoms with Crippen molar-refractivity contribution in [1.29, 1.82) is 0 Å². The molecule has 0 saturated carbocycles. The number of rotatable bonds is 2. The summed E-state index contributed by atoms with van der Waals surface area (Å²) in [6, 6.07) is 8.66. The van der Waals surface area contributed by atoms with E-state index >= 15 is 0 Å². The van der Waals surface area contributed by atoms with Crippen molar-refractivity contribution in [3.05, 3.63) is 47.8 Å². The zero-order chi connectivity index (χ0) is 14.1. The molecule has 2 N–H and O–H groups in total. The Labute approximate surface area is 126 Å². The fraction of sp³-hybridized carbons (Fsp3) is 0.444. The number of nitrogens with zero attached hydrogens (tertiary/aromatic N) is 1. The molecule has 3 nitrogen and oxygen atoms in total. The summed E-state index contributed by atoms with van der Waals surface area (Å²) in [4.78, 5) is 5.99. The maximum atomic E-state index is 3.43. The minimum Gasteiger partial charge on any atom is -0.373 e. The lowest BCUT2D eigenvalue weighted by Gasteiger charge is -2.34. The largest absolute Gasteiger partial charge is 0.373 e. The summed E-state index contributed by atoms with van der Waals surface area (Å²) in [6.45, 7) is 4.60. The van der Waals surface area contributed by atoms with Crippen molar-refractivity contribution in [2.24, 2.45) is 0 Å². The van der Waals surface area contributed by atoms with Crippen LogP contribution in [0.2, 0.25) is 0 Å². The summed E-state index contributed by atoms with van der Waals surface area (Å²) < 4.78 is 0. The molecule has 1 aliphatic heterocycles. The molecule has 0 radical (unpaired) electrons. The zero-order valence-corrected chi connectivity index (χ0v) is 12.4. The quantitative estimate of drug-likeness (QED) is 0.885. The molecular formula is C18H23N3. The lowest BCUT2D eigenvalue weighted by atomic mass is 9.86. The van der Waals surface area contributed by atoms with Gasteiger partial charge in [0.1, 0.15) is 0 Å². The first-order chi connectivity index (χ1) is 10.4. The smallest absolute Gasteiger partial charge is 0.0456 e. The number of aromatic nitrogens is 1. The molecule has 4 rings (SSSR count). The van der Waals surface area contributed by atoms with Gasteiger partial charge in [0, 0.05) is 49.0 Å². The number of H-pyrrole nitrogens is 1. The van der Waals surface area contributed by atoms with Gasteiger partial charge >= 0.3 is 0 Å². The fourth-order valence-electron chi connectivity index (χ4n) is 3.77. The highest BCUT2D eigenvalue weighted by molar-refractivity contribution is 5.83. The molecule has 2 heterocycles. The average Bonchev–Trinajstić information content (AvgIpc) is 3.00. The van der Waals surface area contributed by atoms with Crippen molar-refractivity contribution in [3.8, 4) is 0 Å². The number of aromatic amines is 1. The van der Waals surface area contributed by atoms with Crippen LogP contribution in [0.25, 0.3) is 10.9 Å². The second-order valence-electron chi connectivity index (χ2n) is 6.19. The topological polar surface area (TPSA) is 31.1 Å². The summed E-state index contributed by atoms with van der Waals surface area (Å²) in [7, 11) is 0. The number of piperazine rings is 1. The van der Waals surface area contributed by atoms with Gasteiger partial charge in [-0.3, -0.25) is 0 Å². The number of hydrogen-bond donors (Lipinski definition) is 2. The van der Waals surface area contributed by atoms with E-state index in [0.717, 1.165) is 13.1 Å². The van der Waals surface area contributed by atoms with Crippen LogP contribution in [-0.4, -0.2) is 36.1 Å². The molecular weight excluding hydrogens is 258 g/mol. The Kier molecular flexibility index (Phi) is 3.44. The number of fused-ring (bicyclic) bond motifs is 1. The van der Waals surface area contributed by atoms with Crippen molar-refractivity contribution < 1.29 is 0 Å². The Morgan fingerprint density at radius 1 is 1.10 bits per heavy atom. The average molecular weight is 281 g/mol. The molecule has 1 atom stereocenters. The first-order valence-electron chi connectivity index (χ1n) is 8.12. The van der Waals surface area contributed by atoms with Gasteiger partial charge in [-0.05, 0) is 36.8 Å². The molecule has 1 fully saturated rings. The van der Waals surface area contributed by atoms with Crippen molar-refractivity contribution in [2.75, 3.05) is 26.2 Å². The molecule has 0 bridgehead atoms. The van der Waals surface area contributed by atoms with E-state index in [9.17, 15) is 0 Å². The summed E-state index contributed by atoms with van der Waals surface area (Å²) in [5.41, 5.74) is 4.35. The highest BCUT2D eigenvalue weighted by Crippen LogP contribution is 2.36. The second-order valence-corrected chi connectivity index (χ2v) is 6.19. The second kappa shape index (κ2) is 5.57. The van der Waals surface area contributed by atoms with E-state index in [-0.39, 0.29) is 0 Å². The van der Waals surface area contributed by atoms with E-state index in [1.54, 1.807) is 5.70 Å². The maximum absolute atomic E-state index is 3.43. The highest BCUT2D eigenvalue weighted by atomic mass is 15.2. The van der Waals surface area contributed by atoms with Crippen molar-refractivity contribution in [2.45, 2.75) is 25.2 Å². The molecule has 1 aliphatic carbocycles. The molecule has 1 aromatic carbocycles. The monoisotopic (exact) mass is 281 g/mol. The molecule has 1 aromatic heterocycles. The molecule has 2 aliphatic rings. The molecule has 21 heavy (non-hydrogen) atoms. The SMILES string of the molecule is C1=C(N2CCNCC2)CCC(c2c[nH]c3ccccc23)C1. The van der Waals surface area contributed by atoms with Crippen molar-refractivity contribution in [1.82, 2.24) is 15.2 Å². The van der Waals surface area contributed by atoms with Crippen molar-refractivity contribution in [3.63, 3.8) is 0 Å². The van der Waals surface area contributed by atoms with E-state index < -0.39 is 0 Å². The van der Waals surface area contributed by atoms with Crippen LogP contribution in [0, 0.1) is 0 Å².